The van der Waals surface area contributed by atoms with E-state index in [0.29, 0.717) is 18.6 Å². The standard InChI is InChI=1S/C6H9NO.C4H8O3.C3H6O/c1-3-4-5(2)6(7)8;1-2-7-4(6)3-5;1-2-3-4/h3H,1-2,4H2,(H2,7,8);5H,2-3H2,1H3;2,4H,1,3H2. The molecule has 110 valence electrons. The summed E-state index contributed by atoms with van der Waals surface area (Å²) in [5.41, 5.74) is 5.24. The molecule has 6 heteroatoms. The smallest absolute Gasteiger partial charge is 0.331 e. The molecule has 0 aromatic heterocycles. The lowest BCUT2D eigenvalue weighted by molar-refractivity contribution is -0.146. The summed E-state index contributed by atoms with van der Waals surface area (Å²) in [7, 11) is 0. The van der Waals surface area contributed by atoms with Crippen LogP contribution in [0.1, 0.15) is 13.3 Å². The van der Waals surface area contributed by atoms with Crippen LogP contribution in [0, 0.1) is 0 Å². The van der Waals surface area contributed by atoms with Crippen LogP contribution >= 0.6 is 0 Å². The predicted molar refractivity (Wildman–Crippen MR) is 74.2 cm³/mol. The molecule has 1 amide bonds. The monoisotopic (exact) mass is 273 g/mol. The van der Waals surface area contributed by atoms with Gasteiger partial charge in [0, 0.05) is 5.57 Å². The van der Waals surface area contributed by atoms with Crippen LogP contribution in [-0.4, -0.2) is 41.9 Å². The molecule has 0 radical (unpaired) electrons. The molecule has 0 saturated heterocycles. The highest BCUT2D eigenvalue weighted by Crippen LogP contribution is 1.94. The molecule has 0 saturated carbocycles. The van der Waals surface area contributed by atoms with Crippen molar-refractivity contribution in [2.45, 2.75) is 13.3 Å². The maximum atomic E-state index is 10.2. The predicted octanol–water partition coefficient (Wildman–Crippen LogP) is 0.310. The van der Waals surface area contributed by atoms with Crippen LogP contribution in [0.2, 0.25) is 0 Å². The van der Waals surface area contributed by atoms with E-state index < -0.39 is 18.5 Å². The highest BCUT2D eigenvalue weighted by atomic mass is 16.5. The van der Waals surface area contributed by atoms with Gasteiger partial charge in [0.15, 0.2) is 0 Å². The Bertz CT molecular complexity index is 287. The topological polar surface area (TPSA) is 110 Å². The Morgan fingerprint density at radius 1 is 1.26 bits per heavy atom. The Labute approximate surface area is 113 Å². The number of aliphatic hydroxyl groups is 2. The SMILES string of the molecule is C=CCC(=C)C(N)=O.C=CCO.CCOC(=O)CO. The van der Waals surface area contributed by atoms with E-state index in [4.69, 9.17) is 15.9 Å². The second kappa shape index (κ2) is 18.4. The van der Waals surface area contributed by atoms with E-state index in [2.05, 4.69) is 24.5 Å². The highest BCUT2D eigenvalue weighted by molar-refractivity contribution is 5.91. The lowest BCUT2D eigenvalue weighted by Gasteiger charge is -1.93. The van der Waals surface area contributed by atoms with Gasteiger partial charge in [-0.1, -0.05) is 18.7 Å². The van der Waals surface area contributed by atoms with Crippen LogP contribution in [0.15, 0.2) is 37.5 Å². The average Bonchev–Trinajstić information content (AvgIpc) is 2.40. The van der Waals surface area contributed by atoms with Crippen molar-refractivity contribution in [3.8, 4) is 0 Å². The van der Waals surface area contributed by atoms with Crippen molar-refractivity contribution in [2.75, 3.05) is 19.8 Å². The Morgan fingerprint density at radius 3 is 1.84 bits per heavy atom. The van der Waals surface area contributed by atoms with Gasteiger partial charge in [-0.05, 0) is 13.3 Å². The lowest BCUT2D eigenvalue weighted by atomic mass is 10.2. The number of carbonyl (C=O) groups is 2. The van der Waals surface area contributed by atoms with E-state index in [0.717, 1.165) is 0 Å². The Morgan fingerprint density at radius 2 is 1.74 bits per heavy atom. The third-order valence-electron chi connectivity index (χ3n) is 1.30. The van der Waals surface area contributed by atoms with Gasteiger partial charge in [-0.15, -0.1) is 13.2 Å². The van der Waals surface area contributed by atoms with Gasteiger partial charge in [-0.2, -0.15) is 0 Å². The average molecular weight is 273 g/mol. The zero-order valence-corrected chi connectivity index (χ0v) is 11.3. The van der Waals surface area contributed by atoms with E-state index in [9.17, 15) is 9.59 Å². The molecule has 0 bridgehead atoms. The fraction of sp³-hybridized carbons (Fsp3) is 0.385. The number of primary amides is 1. The van der Waals surface area contributed by atoms with E-state index in [1.54, 1.807) is 13.0 Å². The zero-order valence-electron chi connectivity index (χ0n) is 11.3. The first kappa shape index (κ1) is 22.3. The Kier molecular flexibility index (Phi) is 21.6. The molecule has 0 fully saturated rings. The summed E-state index contributed by atoms with van der Waals surface area (Å²) in [6.07, 6.45) is 3.50. The minimum absolute atomic E-state index is 0.0833. The van der Waals surface area contributed by atoms with Gasteiger partial charge in [0.25, 0.3) is 0 Å². The molecule has 0 aliphatic carbocycles. The molecule has 0 aliphatic heterocycles. The van der Waals surface area contributed by atoms with Gasteiger partial charge < -0.3 is 20.7 Å². The van der Waals surface area contributed by atoms with Crippen LogP contribution in [0.3, 0.4) is 0 Å². The summed E-state index contributed by atoms with van der Waals surface area (Å²) in [5.74, 6) is -1.02. The number of hydrogen-bond donors (Lipinski definition) is 3. The van der Waals surface area contributed by atoms with E-state index in [1.807, 2.05) is 0 Å². The van der Waals surface area contributed by atoms with Crippen molar-refractivity contribution in [3.05, 3.63) is 37.5 Å². The first-order chi connectivity index (χ1) is 8.90. The third-order valence-corrected chi connectivity index (χ3v) is 1.30. The van der Waals surface area contributed by atoms with Gasteiger partial charge in [0.1, 0.15) is 6.61 Å². The highest BCUT2D eigenvalue weighted by Gasteiger charge is 1.95. The summed E-state index contributed by atoms with van der Waals surface area (Å²) >= 11 is 0. The summed E-state index contributed by atoms with van der Waals surface area (Å²) in [6.45, 7) is 11.6. The molecule has 0 heterocycles. The molecule has 0 aliphatic rings. The molecule has 0 spiro atoms. The molecule has 0 aromatic rings. The van der Waals surface area contributed by atoms with Crippen LogP contribution in [0.25, 0.3) is 0 Å². The van der Waals surface area contributed by atoms with Crippen molar-refractivity contribution in [1.82, 2.24) is 0 Å². The van der Waals surface area contributed by atoms with Gasteiger partial charge in [-0.25, -0.2) is 4.79 Å². The zero-order chi connectivity index (χ0) is 15.7. The van der Waals surface area contributed by atoms with Crippen molar-refractivity contribution < 1.29 is 24.5 Å². The van der Waals surface area contributed by atoms with E-state index in [-0.39, 0.29) is 6.61 Å². The molecule has 4 N–H and O–H groups in total. The second-order valence-corrected chi connectivity index (χ2v) is 2.89. The van der Waals surface area contributed by atoms with Gasteiger partial charge in [0.05, 0.1) is 13.2 Å². The number of amides is 1. The van der Waals surface area contributed by atoms with Gasteiger partial charge >= 0.3 is 5.97 Å². The molecule has 0 atom stereocenters. The lowest BCUT2D eigenvalue weighted by Crippen LogP contribution is -2.12. The first-order valence-corrected chi connectivity index (χ1v) is 5.47. The number of hydrogen-bond acceptors (Lipinski definition) is 5. The maximum absolute atomic E-state index is 10.2. The number of nitrogens with two attached hydrogens (primary N) is 1. The maximum Gasteiger partial charge on any atom is 0.331 e. The van der Waals surface area contributed by atoms with Crippen LogP contribution < -0.4 is 5.73 Å². The number of aliphatic hydroxyl groups excluding tert-OH is 2. The molecule has 6 nitrogen and oxygen atoms in total. The number of carbonyl (C=O) groups excluding carboxylic acids is 2. The molecule has 0 unspecified atom stereocenters. The quantitative estimate of drug-likeness (QED) is 0.366. The normalized spacial score (nSPS) is 7.74. The van der Waals surface area contributed by atoms with Gasteiger partial charge in [0.2, 0.25) is 5.91 Å². The minimum atomic E-state index is -0.567. The fourth-order valence-corrected chi connectivity index (χ4v) is 0.481. The molecule has 0 rings (SSSR count). The van der Waals surface area contributed by atoms with Crippen LogP contribution in [0.4, 0.5) is 0 Å². The van der Waals surface area contributed by atoms with E-state index in [1.165, 1.54) is 6.08 Å². The van der Waals surface area contributed by atoms with Crippen molar-refractivity contribution in [3.63, 3.8) is 0 Å². The van der Waals surface area contributed by atoms with Crippen LogP contribution in [-0.2, 0) is 14.3 Å². The van der Waals surface area contributed by atoms with E-state index >= 15 is 0 Å². The van der Waals surface area contributed by atoms with Crippen LogP contribution in [0.5, 0.6) is 0 Å². The van der Waals surface area contributed by atoms with Crippen molar-refractivity contribution in [1.29, 1.82) is 0 Å². The number of rotatable bonds is 6. The summed E-state index contributed by atoms with van der Waals surface area (Å²) in [4.78, 5) is 20.1. The molecule has 19 heavy (non-hydrogen) atoms. The molecule has 0 aromatic carbocycles. The Hall–Kier alpha value is -1.92. The first-order valence-electron chi connectivity index (χ1n) is 5.47. The van der Waals surface area contributed by atoms with Crippen molar-refractivity contribution >= 4 is 11.9 Å². The van der Waals surface area contributed by atoms with Crippen molar-refractivity contribution in [2.24, 2.45) is 5.73 Å². The molecular formula is C13H23NO5. The number of allylic oxidation sites excluding steroid dienone is 1. The summed E-state index contributed by atoms with van der Waals surface area (Å²) in [6, 6.07) is 0. The largest absolute Gasteiger partial charge is 0.464 e. The summed E-state index contributed by atoms with van der Waals surface area (Å²) in [5, 5.41) is 15.7. The fourth-order valence-electron chi connectivity index (χ4n) is 0.481. The Balaban J connectivity index is -0.000000214. The van der Waals surface area contributed by atoms with Gasteiger partial charge in [-0.3, -0.25) is 4.79 Å². The number of esters is 1. The third kappa shape index (κ3) is 26.0. The minimum Gasteiger partial charge on any atom is -0.464 e. The summed E-state index contributed by atoms with van der Waals surface area (Å²) < 4.78 is 4.30. The molecular weight excluding hydrogens is 250 g/mol. The number of ether oxygens (including phenoxy) is 1. The second-order valence-electron chi connectivity index (χ2n) is 2.89.